The summed E-state index contributed by atoms with van der Waals surface area (Å²) in [6, 6.07) is 0.750. The number of H-pyrrole nitrogens is 1. The van der Waals surface area contributed by atoms with Gasteiger partial charge in [-0.2, -0.15) is 13.2 Å². The van der Waals surface area contributed by atoms with Crippen LogP contribution in [0.2, 0.25) is 0 Å². The van der Waals surface area contributed by atoms with Crippen molar-refractivity contribution >= 4 is 5.91 Å². The van der Waals surface area contributed by atoms with Gasteiger partial charge in [0.2, 0.25) is 0 Å². The van der Waals surface area contributed by atoms with Gasteiger partial charge >= 0.3 is 6.18 Å². The largest absolute Gasteiger partial charge is 0.421 e. The molecular weight excluding hydrogens is 311 g/mol. The third-order valence-corrected chi connectivity index (χ3v) is 3.97. The van der Waals surface area contributed by atoms with Gasteiger partial charge in [0.1, 0.15) is 5.56 Å². The van der Waals surface area contributed by atoms with Gasteiger partial charge < -0.3 is 10.3 Å². The molecule has 0 aromatic carbocycles. The number of alkyl halides is 3. The quantitative estimate of drug-likeness (QED) is 0.890. The van der Waals surface area contributed by atoms with Crippen molar-refractivity contribution in [2.45, 2.75) is 44.9 Å². The maximum Gasteiger partial charge on any atom is 0.421 e. The summed E-state index contributed by atoms with van der Waals surface area (Å²) in [6.45, 7) is 7.49. The van der Waals surface area contributed by atoms with Gasteiger partial charge in [-0.05, 0) is 33.3 Å². The van der Waals surface area contributed by atoms with Crippen LogP contribution in [0.5, 0.6) is 0 Å². The Morgan fingerprint density at radius 1 is 1.39 bits per heavy atom. The zero-order chi connectivity index (χ0) is 17.4. The summed E-state index contributed by atoms with van der Waals surface area (Å²) in [5.41, 5.74) is -2.86. The number of carbonyl (C=O) groups excluding carboxylic acids is 1. The fraction of sp³-hybridized carbons (Fsp3) is 0.600. The van der Waals surface area contributed by atoms with Crippen LogP contribution in [0.25, 0.3) is 0 Å². The van der Waals surface area contributed by atoms with Crippen LogP contribution >= 0.6 is 0 Å². The molecule has 5 nitrogen and oxygen atoms in total. The number of pyridine rings is 1. The second kappa shape index (κ2) is 5.99. The van der Waals surface area contributed by atoms with E-state index in [2.05, 4.69) is 31.0 Å². The van der Waals surface area contributed by atoms with Crippen LogP contribution in [0, 0.1) is 0 Å². The molecule has 23 heavy (non-hydrogen) atoms. The molecule has 1 fully saturated rings. The van der Waals surface area contributed by atoms with E-state index in [1.54, 1.807) is 0 Å². The van der Waals surface area contributed by atoms with Crippen molar-refractivity contribution in [1.82, 2.24) is 15.2 Å². The molecule has 0 radical (unpaired) electrons. The Balaban J connectivity index is 2.04. The van der Waals surface area contributed by atoms with Gasteiger partial charge in [-0.3, -0.25) is 14.5 Å². The Hall–Kier alpha value is -1.83. The predicted octanol–water partition coefficient (Wildman–Crippen LogP) is 2.00. The van der Waals surface area contributed by atoms with Crippen LogP contribution < -0.4 is 10.9 Å². The zero-order valence-electron chi connectivity index (χ0n) is 13.3. The number of likely N-dealkylation sites (tertiary alicyclic amines) is 1. The van der Waals surface area contributed by atoms with E-state index in [-0.39, 0.29) is 17.1 Å². The summed E-state index contributed by atoms with van der Waals surface area (Å²) in [6.07, 6.45) is -2.87. The molecule has 1 unspecified atom stereocenters. The highest BCUT2D eigenvalue weighted by atomic mass is 19.4. The normalized spacial score (nSPS) is 19.3. The van der Waals surface area contributed by atoms with Gasteiger partial charge in [0.25, 0.3) is 11.5 Å². The van der Waals surface area contributed by atoms with Crippen molar-refractivity contribution < 1.29 is 18.0 Å². The van der Waals surface area contributed by atoms with Gasteiger partial charge in [0, 0.05) is 30.9 Å². The number of amides is 1. The first-order chi connectivity index (χ1) is 10.5. The first-order valence-electron chi connectivity index (χ1n) is 7.35. The van der Waals surface area contributed by atoms with Gasteiger partial charge in [0.15, 0.2) is 0 Å². The average Bonchev–Trinajstić information content (AvgIpc) is 2.34. The lowest BCUT2D eigenvalue weighted by Gasteiger charge is -2.49. The standard InChI is InChI=1S/C15H20F3N3O2/c1-14(2,3)21-5-4-10(21)8-20-12(22)9-6-11(15(16,17)18)13(23)19-7-9/h6-7,10H,4-5,8H2,1-3H3,(H,19,23)(H,20,22). The lowest BCUT2D eigenvalue weighted by atomic mass is 9.93. The molecule has 2 heterocycles. The summed E-state index contributed by atoms with van der Waals surface area (Å²) >= 11 is 0. The molecule has 128 valence electrons. The molecule has 1 aromatic heterocycles. The number of hydrogen-bond donors (Lipinski definition) is 2. The van der Waals surface area contributed by atoms with E-state index in [0.29, 0.717) is 12.6 Å². The highest BCUT2D eigenvalue weighted by molar-refractivity contribution is 5.94. The number of aromatic amines is 1. The average molecular weight is 331 g/mol. The van der Waals surface area contributed by atoms with Crippen molar-refractivity contribution in [2.24, 2.45) is 0 Å². The van der Waals surface area contributed by atoms with Crippen LogP contribution in [-0.2, 0) is 6.18 Å². The van der Waals surface area contributed by atoms with Gasteiger partial charge in [-0.25, -0.2) is 0 Å². The smallest absolute Gasteiger partial charge is 0.350 e. The fourth-order valence-electron chi connectivity index (χ4n) is 2.67. The maximum absolute atomic E-state index is 12.7. The van der Waals surface area contributed by atoms with Gasteiger partial charge in [-0.15, -0.1) is 0 Å². The number of halogens is 3. The van der Waals surface area contributed by atoms with E-state index >= 15 is 0 Å². The molecule has 0 saturated carbocycles. The molecule has 1 aliphatic rings. The molecule has 0 aliphatic carbocycles. The summed E-state index contributed by atoms with van der Waals surface area (Å²) in [4.78, 5) is 27.4. The number of nitrogens with one attached hydrogen (secondary N) is 2. The monoisotopic (exact) mass is 331 g/mol. The topological polar surface area (TPSA) is 65.2 Å². The van der Waals surface area contributed by atoms with Crippen molar-refractivity contribution in [3.63, 3.8) is 0 Å². The zero-order valence-corrected chi connectivity index (χ0v) is 13.3. The first-order valence-corrected chi connectivity index (χ1v) is 7.35. The second-order valence-corrected chi connectivity index (χ2v) is 6.65. The molecular formula is C15H20F3N3O2. The molecule has 1 aromatic rings. The highest BCUT2D eigenvalue weighted by Gasteiger charge is 2.36. The van der Waals surface area contributed by atoms with E-state index in [1.807, 2.05) is 4.98 Å². The van der Waals surface area contributed by atoms with Crippen molar-refractivity contribution in [1.29, 1.82) is 0 Å². The maximum atomic E-state index is 12.7. The van der Waals surface area contributed by atoms with Crippen LogP contribution in [0.15, 0.2) is 17.1 Å². The molecule has 0 spiro atoms. The van der Waals surface area contributed by atoms with E-state index in [4.69, 9.17) is 0 Å². The van der Waals surface area contributed by atoms with Crippen LogP contribution in [-0.4, -0.2) is 40.5 Å². The Morgan fingerprint density at radius 3 is 2.52 bits per heavy atom. The number of rotatable bonds is 3. The Kier molecular flexibility index (Phi) is 4.57. The minimum Gasteiger partial charge on any atom is -0.350 e. The van der Waals surface area contributed by atoms with E-state index in [9.17, 15) is 22.8 Å². The van der Waals surface area contributed by atoms with E-state index < -0.39 is 23.2 Å². The summed E-state index contributed by atoms with van der Waals surface area (Å²) in [5, 5.41) is 2.63. The van der Waals surface area contributed by atoms with E-state index in [0.717, 1.165) is 19.2 Å². The molecule has 1 saturated heterocycles. The van der Waals surface area contributed by atoms with E-state index in [1.165, 1.54) is 0 Å². The molecule has 1 aliphatic heterocycles. The predicted molar refractivity (Wildman–Crippen MR) is 79.3 cm³/mol. The number of nitrogens with zero attached hydrogens (tertiary/aromatic N) is 1. The second-order valence-electron chi connectivity index (χ2n) is 6.65. The van der Waals surface area contributed by atoms with Crippen molar-refractivity contribution in [3.8, 4) is 0 Å². The SMILES string of the molecule is CC(C)(C)N1CCC1CNC(=O)c1c[nH]c(=O)c(C(F)(F)F)c1. The lowest BCUT2D eigenvalue weighted by molar-refractivity contribution is -0.138. The first kappa shape index (κ1) is 17.5. The third kappa shape index (κ3) is 3.93. The summed E-state index contributed by atoms with van der Waals surface area (Å²) < 4.78 is 38.1. The number of aromatic nitrogens is 1. The minimum atomic E-state index is -4.79. The van der Waals surface area contributed by atoms with Crippen LogP contribution in [0.3, 0.4) is 0 Å². The molecule has 2 rings (SSSR count). The van der Waals surface area contributed by atoms with Gasteiger partial charge in [-0.1, -0.05) is 0 Å². The molecule has 1 amide bonds. The highest BCUT2D eigenvalue weighted by Crippen LogP contribution is 2.28. The third-order valence-electron chi connectivity index (χ3n) is 3.97. The summed E-state index contributed by atoms with van der Waals surface area (Å²) in [7, 11) is 0. The molecule has 2 N–H and O–H groups in total. The lowest BCUT2D eigenvalue weighted by Crippen LogP contribution is -2.60. The van der Waals surface area contributed by atoms with Crippen molar-refractivity contribution in [3.05, 3.63) is 33.7 Å². The Morgan fingerprint density at radius 2 is 2.04 bits per heavy atom. The Bertz CT molecular complexity index is 647. The molecule has 0 bridgehead atoms. The van der Waals surface area contributed by atoms with Crippen molar-refractivity contribution in [2.75, 3.05) is 13.1 Å². The molecule has 8 heteroatoms. The Labute approximate surface area is 131 Å². The minimum absolute atomic E-state index is 0.0188. The molecule has 1 atom stereocenters. The number of hydrogen-bond acceptors (Lipinski definition) is 3. The van der Waals surface area contributed by atoms with Crippen LogP contribution in [0.1, 0.15) is 43.1 Å². The fourth-order valence-corrected chi connectivity index (χ4v) is 2.67. The van der Waals surface area contributed by atoms with Gasteiger partial charge in [0.05, 0.1) is 5.56 Å². The summed E-state index contributed by atoms with van der Waals surface area (Å²) in [5.74, 6) is -0.632. The van der Waals surface area contributed by atoms with Crippen LogP contribution in [0.4, 0.5) is 13.2 Å². The number of carbonyl (C=O) groups is 1.